The molecule has 0 bridgehead atoms. The molecule has 0 aliphatic carbocycles. The van der Waals surface area contributed by atoms with Gasteiger partial charge in [-0.1, -0.05) is 0 Å². The second-order valence-electron chi connectivity index (χ2n) is 4.91. The van der Waals surface area contributed by atoms with E-state index in [0.29, 0.717) is 5.69 Å². The van der Waals surface area contributed by atoms with E-state index in [0.717, 1.165) is 48.9 Å². The highest BCUT2D eigenvalue weighted by Crippen LogP contribution is 2.25. The third-order valence-electron chi connectivity index (χ3n) is 3.50. The summed E-state index contributed by atoms with van der Waals surface area (Å²) < 4.78 is 5.35. The van der Waals surface area contributed by atoms with Gasteiger partial charge in [-0.25, -0.2) is 4.98 Å². The van der Waals surface area contributed by atoms with Gasteiger partial charge in [-0.3, -0.25) is 4.98 Å². The number of ether oxygens (including phenoxy) is 1. The maximum Gasteiger partial charge on any atom is 0.128 e. The van der Waals surface area contributed by atoms with Crippen molar-refractivity contribution in [2.24, 2.45) is 0 Å². The highest BCUT2D eigenvalue weighted by Gasteiger charge is 2.12. The van der Waals surface area contributed by atoms with Crippen LogP contribution in [0.4, 0.5) is 11.5 Å². The molecule has 0 spiro atoms. The molecule has 5 nitrogen and oxygen atoms in total. The van der Waals surface area contributed by atoms with Crippen molar-refractivity contribution >= 4 is 11.5 Å². The molecular weight excluding hydrogens is 252 g/mol. The van der Waals surface area contributed by atoms with E-state index in [9.17, 15) is 0 Å². The number of hydrogen-bond donors (Lipinski definition) is 1. The molecule has 1 fully saturated rings. The molecule has 20 heavy (non-hydrogen) atoms. The summed E-state index contributed by atoms with van der Waals surface area (Å²) in [7, 11) is 0. The Morgan fingerprint density at radius 3 is 2.65 bits per heavy atom. The summed E-state index contributed by atoms with van der Waals surface area (Å²) in [5, 5.41) is 0. The van der Waals surface area contributed by atoms with Crippen molar-refractivity contribution in [3.8, 4) is 11.1 Å². The largest absolute Gasteiger partial charge is 0.397 e. The van der Waals surface area contributed by atoms with E-state index in [1.54, 1.807) is 6.20 Å². The molecule has 1 aliphatic rings. The van der Waals surface area contributed by atoms with Crippen molar-refractivity contribution in [1.29, 1.82) is 0 Å². The van der Waals surface area contributed by atoms with E-state index in [-0.39, 0.29) is 0 Å². The van der Waals surface area contributed by atoms with Gasteiger partial charge in [0.05, 0.1) is 25.1 Å². The number of hydrogen-bond acceptors (Lipinski definition) is 5. The molecule has 0 aromatic carbocycles. The second kappa shape index (κ2) is 5.46. The van der Waals surface area contributed by atoms with Crippen molar-refractivity contribution in [2.45, 2.75) is 6.92 Å². The number of anilines is 2. The maximum atomic E-state index is 5.81. The average Bonchev–Trinajstić information content (AvgIpc) is 2.51. The highest BCUT2D eigenvalue weighted by molar-refractivity contribution is 5.69. The second-order valence-corrected chi connectivity index (χ2v) is 4.91. The van der Waals surface area contributed by atoms with Crippen LogP contribution < -0.4 is 10.6 Å². The molecule has 2 aromatic heterocycles. The highest BCUT2D eigenvalue weighted by atomic mass is 16.5. The van der Waals surface area contributed by atoms with Crippen molar-refractivity contribution < 1.29 is 4.74 Å². The number of aromatic nitrogens is 2. The van der Waals surface area contributed by atoms with Crippen LogP contribution in [0.1, 0.15) is 5.69 Å². The summed E-state index contributed by atoms with van der Waals surface area (Å²) in [6.07, 6.45) is 3.56. The first-order valence-corrected chi connectivity index (χ1v) is 6.75. The average molecular weight is 270 g/mol. The Labute approximate surface area is 118 Å². The van der Waals surface area contributed by atoms with Crippen LogP contribution in [-0.4, -0.2) is 36.3 Å². The number of pyridine rings is 2. The molecule has 2 aromatic rings. The van der Waals surface area contributed by atoms with Gasteiger partial charge >= 0.3 is 0 Å². The van der Waals surface area contributed by atoms with Gasteiger partial charge in [0.1, 0.15) is 5.82 Å². The van der Waals surface area contributed by atoms with Crippen molar-refractivity contribution in [3.05, 3.63) is 36.3 Å². The number of nitrogens with two attached hydrogens (primary N) is 1. The molecule has 0 unspecified atom stereocenters. The summed E-state index contributed by atoms with van der Waals surface area (Å²) in [4.78, 5) is 11.1. The summed E-state index contributed by atoms with van der Waals surface area (Å²) >= 11 is 0. The first-order valence-electron chi connectivity index (χ1n) is 6.75. The Balaban J connectivity index is 1.87. The van der Waals surface area contributed by atoms with Gasteiger partial charge in [-0.05, 0) is 25.1 Å². The molecule has 0 radical (unpaired) electrons. The van der Waals surface area contributed by atoms with Crippen LogP contribution >= 0.6 is 0 Å². The van der Waals surface area contributed by atoms with E-state index in [1.165, 1.54) is 0 Å². The quantitative estimate of drug-likeness (QED) is 0.902. The number of aryl methyl sites for hydroxylation is 1. The molecule has 3 heterocycles. The Kier molecular flexibility index (Phi) is 3.52. The summed E-state index contributed by atoms with van der Waals surface area (Å²) in [6.45, 7) is 5.30. The Hall–Kier alpha value is -2.14. The number of morpholine rings is 1. The predicted octanol–water partition coefficient (Wildman–Crippen LogP) is 1.87. The van der Waals surface area contributed by atoms with Crippen LogP contribution in [0.25, 0.3) is 11.1 Å². The minimum Gasteiger partial charge on any atom is -0.397 e. The smallest absolute Gasteiger partial charge is 0.128 e. The van der Waals surface area contributed by atoms with Gasteiger partial charge in [-0.2, -0.15) is 0 Å². The predicted molar refractivity (Wildman–Crippen MR) is 79.6 cm³/mol. The molecule has 104 valence electrons. The first kappa shape index (κ1) is 12.9. The monoisotopic (exact) mass is 270 g/mol. The molecule has 0 saturated carbocycles. The van der Waals surface area contributed by atoms with Crippen molar-refractivity contribution in [3.63, 3.8) is 0 Å². The summed E-state index contributed by atoms with van der Waals surface area (Å²) in [5.74, 6) is 0.992. The van der Waals surface area contributed by atoms with Crippen LogP contribution in [0.15, 0.2) is 30.6 Å². The summed E-state index contributed by atoms with van der Waals surface area (Å²) in [6, 6.07) is 6.05. The van der Waals surface area contributed by atoms with E-state index in [2.05, 4.69) is 20.9 Å². The SMILES string of the molecule is Cc1ncc(N)cc1-c1ccc(N2CCOCC2)nc1. The minimum atomic E-state index is 0.669. The van der Waals surface area contributed by atoms with Gasteiger partial charge in [0.15, 0.2) is 0 Å². The third-order valence-corrected chi connectivity index (χ3v) is 3.50. The number of nitrogen functional groups attached to an aromatic ring is 1. The molecule has 1 aliphatic heterocycles. The lowest BCUT2D eigenvalue weighted by atomic mass is 10.1. The zero-order valence-corrected chi connectivity index (χ0v) is 11.5. The minimum absolute atomic E-state index is 0.669. The van der Waals surface area contributed by atoms with E-state index >= 15 is 0 Å². The van der Waals surface area contributed by atoms with Crippen LogP contribution in [0.2, 0.25) is 0 Å². The molecule has 1 saturated heterocycles. The third kappa shape index (κ3) is 2.58. The van der Waals surface area contributed by atoms with E-state index in [4.69, 9.17) is 10.5 Å². The molecule has 0 amide bonds. The summed E-state index contributed by atoms with van der Waals surface area (Å²) in [5.41, 5.74) is 9.51. The normalized spacial score (nSPS) is 15.3. The van der Waals surface area contributed by atoms with E-state index in [1.807, 2.05) is 25.3 Å². The lowest BCUT2D eigenvalue weighted by molar-refractivity contribution is 0.122. The van der Waals surface area contributed by atoms with Gasteiger partial charge in [0.2, 0.25) is 0 Å². The molecule has 5 heteroatoms. The maximum absolute atomic E-state index is 5.81. The molecule has 2 N–H and O–H groups in total. The van der Waals surface area contributed by atoms with Crippen LogP contribution in [0, 0.1) is 6.92 Å². The molecule has 3 rings (SSSR count). The van der Waals surface area contributed by atoms with Gasteiger partial charge in [-0.15, -0.1) is 0 Å². The topological polar surface area (TPSA) is 64.3 Å². The zero-order valence-electron chi connectivity index (χ0n) is 11.5. The zero-order chi connectivity index (χ0) is 13.9. The molecule has 0 atom stereocenters. The van der Waals surface area contributed by atoms with Gasteiger partial charge < -0.3 is 15.4 Å². The number of nitrogens with zero attached hydrogens (tertiary/aromatic N) is 3. The van der Waals surface area contributed by atoms with Crippen molar-refractivity contribution in [1.82, 2.24) is 9.97 Å². The lowest BCUT2D eigenvalue weighted by Crippen LogP contribution is -2.36. The van der Waals surface area contributed by atoms with Crippen LogP contribution in [0.5, 0.6) is 0 Å². The molecular formula is C15H18N4O. The fourth-order valence-corrected chi connectivity index (χ4v) is 2.37. The fourth-order valence-electron chi connectivity index (χ4n) is 2.37. The number of rotatable bonds is 2. The van der Waals surface area contributed by atoms with Gasteiger partial charge in [0.25, 0.3) is 0 Å². The van der Waals surface area contributed by atoms with Crippen molar-refractivity contribution in [2.75, 3.05) is 36.9 Å². The Bertz CT molecular complexity index is 591. The van der Waals surface area contributed by atoms with Gasteiger partial charge in [0, 0.05) is 36.1 Å². The first-order chi connectivity index (χ1) is 9.74. The van der Waals surface area contributed by atoms with E-state index < -0.39 is 0 Å². The fraction of sp³-hybridized carbons (Fsp3) is 0.333. The standard InChI is InChI=1S/C15H18N4O/c1-11-14(8-13(16)10-17-11)12-2-3-15(18-9-12)19-4-6-20-7-5-19/h2-3,8-10H,4-7,16H2,1H3. The lowest BCUT2D eigenvalue weighted by Gasteiger charge is -2.27. The Morgan fingerprint density at radius 1 is 1.15 bits per heavy atom. The van der Waals surface area contributed by atoms with Crippen LogP contribution in [0.3, 0.4) is 0 Å². The van der Waals surface area contributed by atoms with Crippen LogP contribution in [-0.2, 0) is 4.74 Å². The Morgan fingerprint density at radius 2 is 1.95 bits per heavy atom.